The molecule has 0 unspecified atom stereocenters. The monoisotopic (exact) mass is 267 g/mol. The van der Waals surface area contributed by atoms with Gasteiger partial charge >= 0.3 is 0 Å². The van der Waals surface area contributed by atoms with Crippen molar-refractivity contribution in [1.82, 2.24) is 4.98 Å². The van der Waals surface area contributed by atoms with Crippen LogP contribution < -0.4 is 5.32 Å². The summed E-state index contributed by atoms with van der Waals surface area (Å²) in [7, 11) is 1.78. The van der Waals surface area contributed by atoms with Crippen molar-refractivity contribution in [2.24, 2.45) is 0 Å². The van der Waals surface area contributed by atoms with E-state index in [0.29, 0.717) is 5.56 Å². The van der Waals surface area contributed by atoms with Crippen molar-refractivity contribution in [2.45, 2.75) is 24.9 Å². The highest BCUT2D eigenvalue weighted by molar-refractivity contribution is 5.81. The zero-order chi connectivity index (χ0) is 14.0. The van der Waals surface area contributed by atoms with Crippen LogP contribution in [0, 0.1) is 11.3 Å². The van der Waals surface area contributed by atoms with Crippen LogP contribution in [0.25, 0.3) is 10.9 Å². The van der Waals surface area contributed by atoms with Gasteiger partial charge in [0.15, 0.2) is 0 Å². The quantitative estimate of drug-likeness (QED) is 0.924. The number of nitrogens with one attached hydrogen (secondary N) is 1. The average molecular weight is 267 g/mol. The van der Waals surface area contributed by atoms with E-state index in [1.807, 2.05) is 24.3 Å². The first kappa shape index (κ1) is 12.9. The molecule has 1 saturated carbocycles. The number of nitriles is 1. The van der Waals surface area contributed by atoms with E-state index < -0.39 is 0 Å². The van der Waals surface area contributed by atoms with Crippen LogP contribution in [0.5, 0.6) is 0 Å². The van der Waals surface area contributed by atoms with E-state index >= 15 is 0 Å². The second-order valence-corrected chi connectivity index (χ2v) is 5.31. The van der Waals surface area contributed by atoms with Gasteiger partial charge in [0, 0.05) is 19.0 Å². The van der Waals surface area contributed by atoms with Crippen molar-refractivity contribution in [1.29, 1.82) is 5.26 Å². The molecule has 0 amide bonds. The molecule has 1 fully saturated rings. The Labute approximate surface area is 118 Å². The third-order valence-electron chi connectivity index (χ3n) is 4.11. The van der Waals surface area contributed by atoms with Gasteiger partial charge in [-0.05, 0) is 49.6 Å². The van der Waals surface area contributed by atoms with Crippen molar-refractivity contribution in [3.05, 3.63) is 35.9 Å². The molecular formula is C16H17N3O. The number of methoxy groups -OCH3 is 1. The average Bonchev–Trinajstić information content (AvgIpc) is 2.46. The molecule has 0 aliphatic heterocycles. The second-order valence-electron chi connectivity index (χ2n) is 5.31. The maximum atomic E-state index is 8.89. The third kappa shape index (κ3) is 2.33. The second kappa shape index (κ2) is 5.10. The van der Waals surface area contributed by atoms with Crippen LogP contribution in [-0.4, -0.2) is 24.2 Å². The van der Waals surface area contributed by atoms with Crippen LogP contribution in [0.1, 0.15) is 24.8 Å². The van der Waals surface area contributed by atoms with E-state index in [2.05, 4.69) is 16.4 Å². The van der Waals surface area contributed by atoms with Gasteiger partial charge in [-0.15, -0.1) is 0 Å². The number of pyridine rings is 1. The summed E-state index contributed by atoms with van der Waals surface area (Å²) in [6, 6.07) is 11.6. The largest absolute Gasteiger partial charge is 0.376 e. The Morgan fingerprint density at radius 2 is 2.20 bits per heavy atom. The Bertz CT molecular complexity index is 665. The minimum Gasteiger partial charge on any atom is -0.376 e. The molecule has 1 aromatic heterocycles. The molecule has 1 aliphatic carbocycles. The lowest BCUT2D eigenvalue weighted by Gasteiger charge is -2.40. The van der Waals surface area contributed by atoms with E-state index in [1.54, 1.807) is 13.2 Å². The van der Waals surface area contributed by atoms with Crippen molar-refractivity contribution in [2.75, 3.05) is 19.0 Å². The Morgan fingerprint density at radius 1 is 1.35 bits per heavy atom. The van der Waals surface area contributed by atoms with Gasteiger partial charge in [-0.25, -0.2) is 4.98 Å². The van der Waals surface area contributed by atoms with E-state index in [9.17, 15) is 0 Å². The maximum absolute atomic E-state index is 8.89. The molecule has 0 bridgehead atoms. The summed E-state index contributed by atoms with van der Waals surface area (Å²) < 4.78 is 5.59. The highest BCUT2D eigenvalue weighted by Gasteiger charge is 2.36. The maximum Gasteiger partial charge on any atom is 0.126 e. The number of fused-ring (bicyclic) bond motifs is 1. The number of aromatic nitrogens is 1. The lowest BCUT2D eigenvalue weighted by Crippen LogP contribution is -2.45. The van der Waals surface area contributed by atoms with E-state index in [4.69, 9.17) is 10.00 Å². The zero-order valence-electron chi connectivity index (χ0n) is 11.5. The predicted octanol–water partition coefficient (Wildman–Crippen LogP) is 3.09. The first-order chi connectivity index (χ1) is 9.74. The molecule has 3 rings (SSSR count). The standard InChI is InChI=1S/C16H17N3O/c1-20-16(7-2-8-16)11-18-15-6-4-13-9-12(10-17)3-5-14(13)19-15/h3-6,9H,2,7-8,11H2,1H3,(H,18,19). The molecule has 1 N–H and O–H groups in total. The zero-order valence-corrected chi connectivity index (χ0v) is 11.5. The Kier molecular flexibility index (Phi) is 3.29. The van der Waals surface area contributed by atoms with Crippen LogP contribution in [0.2, 0.25) is 0 Å². The lowest BCUT2D eigenvalue weighted by atomic mass is 9.80. The molecule has 0 radical (unpaired) electrons. The van der Waals surface area contributed by atoms with Crippen molar-refractivity contribution >= 4 is 16.7 Å². The number of anilines is 1. The van der Waals surface area contributed by atoms with Crippen LogP contribution in [-0.2, 0) is 4.74 Å². The lowest BCUT2D eigenvalue weighted by molar-refractivity contribution is -0.0601. The van der Waals surface area contributed by atoms with Gasteiger partial charge in [-0.3, -0.25) is 0 Å². The Morgan fingerprint density at radius 3 is 2.85 bits per heavy atom. The normalized spacial score (nSPS) is 16.4. The molecule has 4 nitrogen and oxygen atoms in total. The van der Waals surface area contributed by atoms with Gasteiger partial charge in [0.05, 0.1) is 22.8 Å². The molecule has 0 atom stereocenters. The Hall–Kier alpha value is -2.12. The molecule has 102 valence electrons. The van der Waals surface area contributed by atoms with Crippen molar-refractivity contribution in [3.8, 4) is 6.07 Å². The van der Waals surface area contributed by atoms with Gasteiger partial charge in [-0.1, -0.05) is 0 Å². The summed E-state index contributed by atoms with van der Waals surface area (Å²) in [6.45, 7) is 0.790. The first-order valence-corrected chi connectivity index (χ1v) is 6.85. The smallest absolute Gasteiger partial charge is 0.126 e. The fourth-order valence-electron chi connectivity index (χ4n) is 2.57. The van der Waals surface area contributed by atoms with Crippen LogP contribution in [0.15, 0.2) is 30.3 Å². The molecular weight excluding hydrogens is 250 g/mol. The van der Waals surface area contributed by atoms with Crippen LogP contribution >= 0.6 is 0 Å². The molecule has 4 heteroatoms. The highest BCUT2D eigenvalue weighted by Crippen LogP contribution is 2.35. The summed E-state index contributed by atoms with van der Waals surface area (Å²) in [6.07, 6.45) is 3.45. The van der Waals surface area contributed by atoms with E-state index in [-0.39, 0.29) is 5.60 Å². The highest BCUT2D eigenvalue weighted by atomic mass is 16.5. The number of nitrogens with zero attached hydrogens (tertiary/aromatic N) is 2. The molecule has 1 aliphatic rings. The van der Waals surface area contributed by atoms with Gasteiger partial charge < -0.3 is 10.1 Å². The SMILES string of the molecule is COC1(CNc2ccc3cc(C#N)ccc3n2)CCC1. The minimum absolute atomic E-state index is 0.0126. The number of hydrogen-bond donors (Lipinski definition) is 1. The minimum atomic E-state index is -0.0126. The summed E-state index contributed by atoms with van der Waals surface area (Å²) in [5.41, 5.74) is 1.54. The van der Waals surface area contributed by atoms with E-state index in [1.165, 1.54) is 6.42 Å². The van der Waals surface area contributed by atoms with Crippen LogP contribution in [0.4, 0.5) is 5.82 Å². The summed E-state index contributed by atoms with van der Waals surface area (Å²) in [5, 5.41) is 13.2. The first-order valence-electron chi connectivity index (χ1n) is 6.85. The molecule has 0 saturated heterocycles. The van der Waals surface area contributed by atoms with Gasteiger partial charge in [0.2, 0.25) is 0 Å². The molecule has 0 spiro atoms. The third-order valence-corrected chi connectivity index (χ3v) is 4.11. The topological polar surface area (TPSA) is 57.9 Å². The molecule has 20 heavy (non-hydrogen) atoms. The van der Waals surface area contributed by atoms with Crippen molar-refractivity contribution < 1.29 is 4.74 Å². The van der Waals surface area contributed by atoms with Crippen LogP contribution in [0.3, 0.4) is 0 Å². The van der Waals surface area contributed by atoms with Gasteiger partial charge in [0.1, 0.15) is 5.82 Å². The van der Waals surface area contributed by atoms with E-state index in [0.717, 1.165) is 36.1 Å². The van der Waals surface area contributed by atoms with Crippen molar-refractivity contribution in [3.63, 3.8) is 0 Å². The number of ether oxygens (including phenoxy) is 1. The summed E-state index contributed by atoms with van der Waals surface area (Å²) >= 11 is 0. The Balaban J connectivity index is 1.78. The number of rotatable bonds is 4. The van der Waals surface area contributed by atoms with Gasteiger partial charge in [0.25, 0.3) is 0 Å². The number of hydrogen-bond acceptors (Lipinski definition) is 4. The summed E-state index contributed by atoms with van der Waals surface area (Å²) in [5.74, 6) is 0.852. The fraction of sp³-hybridized carbons (Fsp3) is 0.375. The fourth-order valence-corrected chi connectivity index (χ4v) is 2.57. The number of benzene rings is 1. The summed E-state index contributed by atoms with van der Waals surface area (Å²) in [4.78, 5) is 4.57. The van der Waals surface area contributed by atoms with Gasteiger partial charge in [-0.2, -0.15) is 5.26 Å². The molecule has 1 heterocycles. The molecule has 2 aromatic rings. The predicted molar refractivity (Wildman–Crippen MR) is 78.5 cm³/mol. The molecule has 1 aromatic carbocycles.